The lowest BCUT2D eigenvalue weighted by atomic mass is 10.1. The summed E-state index contributed by atoms with van der Waals surface area (Å²) in [4.78, 5) is 0. The third-order valence-corrected chi connectivity index (χ3v) is 3.24. The van der Waals surface area contributed by atoms with Crippen molar-refractivity contribution in [2.75, 3.05) is 0 Å². The van der Waals surface area contributed by atoms with Crippen molar-refractivity contribution in [2.24, 2.45) is 0 Å². The molecule has 2 aromatic rings. The van der Waals surface area contributed by atoms with Crippen LogP contribution in [-0.2, 0) is 6.54 Å². The van der Waals surface area contributed by atoms with Crippen LogP contribution in [0.4, 0.5) is 0 Å². The highest BCUT2D eigenvalue weighted by atomic mass is 14.9. The smallest absolute Gasteiger partial charge is 0.0991 e. The molecule has 0 amide bonds. The van der Waals surface area contributed by atoms with E-state index < -0.39 is 0 Å². The van der Waals surface area contributed by atoms with Gasteiger partial charge in [0.05, 0.1) is 23.3 Å². The van der Waals surface area contributed by atoms with Crippen LogP contribution < -0.4 is 5.32 Å². The number of rotatable bonds is 4. The van der Waals surface area contributed by atoms with Crippen LogP contribution in [0.25, 0.3) is 0 Å². The maximum Gasteiger partial charge on any atom is 0.0991 e. The summed E-state index contributed by atoms with van der Waals surface area (Å²) in [5.41, 5.74) is 3.64. The lowest BCUT2D eigenvalue weighted by Gasteiger charge is -2.14. The van der Waals surface area contributed by atoms with E-state index in [0.717, 1.165) is 17.7 Å². The SMILES string of the molecule is CC(NCc1ccc(C#N)cc1)c1ccc(C#N)cc1. The van der Waals surface area contributed by atoms with Crippen molar-refractivity contribution in [2.45, 2.75) is 19.5 Å². The molecule has 2 rings (SSSR count). The van der Waals surface area contributed by atoms with Crippen molar-refractivity contribution in [1.82, 2.24) is 5.32 Å². The van der Waals surface area contributed by atoms with Crippen molar-refractivity contribution >= 4 is 0 Å². The largest absolute Gasteiger partial charge is 0.306 e. The number of benzene rings is 2. The van der Waals surface area contributed by atoms with Gasteiger partial charge in [-0.2, -0.15) is 10.5 Å². The Hall–Kier alpha value is -2.62. The molecule has 0 saturated carbocycles. The van der Waals surface area contributed by atoms with Gasteiger partial charge in [0, 0.05) is 12.6 Å². The van der Waals surface area contributed by atoms with Gasteiger partial charge in [-0.1, -0.05) is 24.3 Å². The minimum absolute atomic E-state index is 0.207. The van der Waals surface area contributed by atoms with Crippen molar-refractivity contribution in [3.8, 4) is 12.1 Å². The zero-order chi connectivity index (χ0) is 14.4. The van der Waals surface area contributed by atoms with Crippen LogP contribution in [0, 0.1) is 22.7 Å². The monoisotopic (exact) mass is 261 g/mol. The van der Waals surface area contributed by atoms with Crippen LogP contribution in [-0.4, -0.2) is 0 Å². The lowest BCUT2D eigenvalue weighted by molar-refractivity contribution is 0.574. The Morgan fingerprint density at radius 1 is 0.900 bits per heavy atom. The summed E-state index contributed by atoms with van der Waals surface area (Å²) in [5.74, 6) is 0. The van der Waals surface area contributed by atoms with Crippen molar-refractivity contribution in [3.05, 3.63) is 70.8 Å². The highest BCUT2D eigenvalue weighted by Gasteiger charge is 2.04. The van der Waals surface area contributed by atoms with Crippen molar-refractivity contribution < 1.29 is 0 Å². The molecule has 0 saturated heterocycles. The van der Waals surface area contributed by atoms with Gasteiger partial charge in [0.1, 0.15) is 0 Å². The molecule has 0 aliphatic rings. The van der Waals surface area contributed by atoms with E-state index >= 15 is 0 Å². The van der Waals surface area contributed by atoms with Gasteiger partial charge in [0.2, 0.25) is 0 Å². The lowest BCUT2D eigenvalue weighted by Crippen LogP contribution is -2.18. The molecule has 0 aliphatic heterocycles. The summed E-state index contributed by atoms with van der Waals surface area (Å²) in [6.45, 7) is 2.83. The first kappa shape index (κ1) is 13.8. The third-order valence-electron chi connectivity index (χ3n) is 3.24. The standard InChI is InChI=1S/C17H15N3/c1-13(17-8-6-15(11-19)7-9-17)20-12-16-4-2-14(10-18)3-5-16/h2-9,13,20H,12H2,1H3. The Morgan fingerprint density at radius 3 is 1.90 bits per heavy atom. The van der Waals surface area contributed by atoms with Crippen LogP contribution in [0.2, 0.25) is 0 Å². The second-order valence-electron chi connectivity index (χ2n) is 4.65. The molecule has 0 aliphatic carbocycles. The summed E-state index contributed by atoms with van der Waals surface area (Å²) < 4.78 is 0. The van der Waals surface area contributed by atoms with Gasteiger partial charge in [0.25, 0.3) is 0 Å². The average Bonchev–Trinajstić information content (AvgIpc) is 2.53. The van der Waals surface area contributed by atoms with Gasteiger partial charge in [0.15, 0.2) is 0 Å². The number of hydrogen-bond acceptors (Lipinski definition) is 3. The van der Waals surface area contributed by atoms with Gasteiger partial charge < -0.3 is 5.32 Å². The van der Waals surface area contributed by atoms with E-state index in [1.807, 2.05) is 48.5 Å². The quantitative estimate of drug-likeness (QED) is 0.918. The minimum atomic E-state index is 0.207. The molecule has 1 unspecified atom stereocenters. The van der Waals surface area contributed by atoms with Gasteiger partial charge in [-0.15, -0.1) is 0 Å². The second-order valence-corrected chi connectivity index (χ2v) is 4.65. The molecule has 1 N–H and O–H groups in total. The molecular formula is C17H15N3. The molecule has 0 spiro atoms. The van der Waals surface area contributed by atoms with E-state index in [9.17, 15) is 0 Å². The molecule has 0 radical (unpaired) electrons. The predicted molar refractivity (Wildman–Crippen MR) is 77.6 cm³/mol. The Kier molecular flexibility index (Phi) is 4.50. The molecule has 20 heavy (non-hydrogen) atoms. The van der Waals surface area contributed by atoms with Gasteiger partial charge in [-0.3, -0.25) is 0 Å². The van der Waals surface area contributed by atoms with Crippen molar-refractivity contribution in [3.63, 3.8) is 0 Å². The number of hydrogen-bond donors (Lipinski definition) is 1. The Morgan fingerprint density at radius 2 is 1.40 bits per heavy atom. The average molecular weight is 261 g/mol. The normalized spacial score (nSPS) is 11.3. The summed E-state index contributed by atoms with van der Waals surface area (Å²) in [7, 11) is 0. The second kappa shape index (κ2) is 6.52. The van der Waals surface area contributed by atoms with Crippen LogP contribution in [0.5, 0.6) is 0 Å². The maximum atomic E-state index is 8.77. The molecule has 0 aromatic heterocycles. The van der Waals surface area contributed by atoms with Crippen LogP contribution in [0.3, 0.4) is 0 Å². The van der Waals surface area contributed by atoms with Crippen LogP contribution in [0.15, 0.2) is 48.5 Å². The van der Waals surface area contributed by atoms with Gasteiger partial charge >= 0.3 is 0 Å². The Balaban J connectivity index is 1.95. The molecule has 0 fully saturated rings. The first-order valence-electron chi connectivity index (χ1n) is 6.45. The first-order chi connectivity index (χ1) is 9.72. The van der Waals surface area contributed by atoms with Crippen LogP contribution in [0.1, 0.15) is 35.2 Å². The third kappa shape index (κ3) is 3.45. The summed E-state index contributed by atoms with van der Waals surface area (Å²) >= 11 is 0. The molecule has 0 heterocycles. The molecule has 3 nitrogen and oxygen atoms in total. The van der Waals surface area contributed by atoms with E-state index in [1.54, 1.807) is 0 Å². The maximum absolute atomic E-state index is 8.77. The molecule has 0 bridgehead atoms. The fraction of sp³-hybridized carbons (Fsp3) is 0.176. The van der Waals surface area contributed by atoms with E-state index in [4.69, 9.17) is 10.5 Å². The number of nitriles is 2. The minimum Gasteiger partial charge on any atom is -0.306 e. The molecule has 3 heteroatoms. The fourth-order valence-corrected chi connectivity index (χ4v) is 1.93. The first-order valence-corrected chi connectivity index (χ1v) is 6.45. The molecule has 2 aromatic carbocycles. The summed E-state index contributed by atoms with van der Waals surface area (Å²) in [6, 6.07) is 19.6. The molecule has 1 atom stereocenters. The predicted octanol–water partition coefficient (Wildman–Crippen LogP) is 3.28. The van der Waals surface area contributed by atoms with E-state index in [0.29, 0.717) is 11.1 Å². The number of nitrogens with one attached hydrogen (secondary N) is 1. The number of nitrogens with zero attached hydrogens (tertiary/aromatic N) is 2. The van der Waals surface area contributed by atoms with E-state index in [-0.39, 0.29) is 6.04 Å². The van der Waals surface area contributed by atoms with Gasteiger partial charge in [-0.05, 0) is 42.3 Å². The van der Waals surface area contributed by atoms with Crippen LogP contribution >= 0.6 is 0 Å². The molecule has 98 valence electrons. The fourth-order valence-electron chi connectivity index (χ4n) is 1.93. The zero-order valence-corrected chi connectivity index (χ0v) is 11.3. The van der Waals surface area contributed by atoms with E-state index in [2.05, 4.69) is 24.4 Å². The topological polar surface area (TPSA) is 59.6 Å². The zero-order valence-electron chi connectivity index (χ0n) is 11.3. The Labute approximate surface area is 119 Å². The van der Waals surface area contributed by atoms with Crippen molar-refractivity contribution in [1.29, 1.82) is 10.5 Å². The highest BCUT2D eigenvalue weighted by molar-refractivity contribution is 5.33. The molecular weight excluding hydrogens is 246 g/mol. The highest BCUT2D eigenvalue weighted by Crippen LogP contribution is 2.14. The summed E-state index contributed by atoms with van der Waals surface area (Å²) in [5, 5.41) is 20.9. The van der Waals surface area contributed by atoms with E-state index in [1.165, 1.54) is 0 Å². The summed E-state index contributed by atoms with van der Waals surface area (Å²) in [6.07, 6.45) is 0. The van der Waals surface area contributed by atoms with Gasteiger partial charge in [-0.25, -0.2) is 0 Å². The Bertz CT molecular complexity index is 643.